The first-order valence-corrected chi connectivity index (χ1v) is 11.2. The molecule has 27 heavy (non-hydrogen) atoms. The Morgan fingerprint density at radius 1 is 1.00 bits per heavy atom. The Bertz CT molecular complexity index is 833. The summed E-state index contributed by atoms with van der Waals surface area (Å²) >= 11 is 0. The van der Waals surface area contributed by atoms with E-state index in [9.17, 15) is 0 Å². The Morgan fingerprint density at radius 3 is 2.56 bits per heavy atom. The standard InChI is InChI=1S/C27H34/c1-17-5-9-20(10-6-17)24-16-27(4)19(3)8-14-25(27)23-13-11-21-15-18(2)7-12-22(21)26(23)24/h5-6,9-10,15,19,23-25H,2,7-8,11-14,16H2,1,3-4H3. The maximum absolute atomic E-state index is 4.27. The monoisotopic (exact) mass is 358 g/mol. The molecule has 0 bridgehead atoms. The highest BCUT2D eigenvalue weighted by Crippen LogP contribution is 2.65. The topological polar surface area (TPSA) is 0 Å². The van der Waals surface area contributed by atoms with Crippen LogP contribution >= 0.6 is 0 Å². The minimum absolute atomic E-state index is 0.518. The zero-order chi connectivity index (χ0) is 18.8. The highest BCUT2D eigenvalue weighted by molar-refractivity contribution is 5.51. The van der Waals surface area contributed by atoms with Crippen molar-refractivity contribution in [2.24, 2.45) is 23.2 Å². The van der Waals surface area contributed by atoms with Crippen LogP contribution in [-0.2, 0) is 0 Å². The van der Waals surface area contributed by atoms with Gasteiger partial charge in [-0.2, -0.15) is 0 Å². The molecule has 5 rings (SSSR count). The van der Waals surface area contributed by atoms with Crippen molar-refractivity contribution in [1.82, 2.24) is 0 Å². The summed E-state index contributed by atoms with van der Waals surface area (Å²) < 4.78 is 0. The molecule has 0 radical (unpaired) electrons. The molecule has 2 saturated carbocycles. The van der Waals surface area contributed by atoms with Crippen molar-refractivity contribution < 1.29 is 0 Å². The molecule has 0 amide bonds. The molecule has 1 aromatic rings. The van der Waals surface area contributed by atoms with Gasteiger partial charge in [-0.05, 0) is 91.7 Å². The first-order valence-electron chi connectivity index (χ1n) is 11.2. The second-order valence-corrected chi connectivity index (χ2v) is 10.2. The molecule has 5 unspecified atom stereocenters. The molecule has 0 spiro atoms. The lowest BCUT2D eigenvalue weighted by Crippen LogP contribution is -2.42. The molecule has 4 aliphatic rings. The molecule has 0 heterocycles. The average molecular weight is 359 g/mol. The van der Waals surface area contributed by atoms with Crippen LogP contribution in [0.5, 0.6) is 0 Å². The highest BCUT2D eigenvalue weighted by atomic mass is 14.6. The Hall–Kier alpha value is -1.56. The van der Waals surface area contributed by atoms with E-state index in [1.54, 1.807) is 16.7 Å². The largest absolute Gasteiger partial charge is 0.0958 e. The summed E-state index contributed by atoms with van der Waals surface area (Å²) in [5.41, 5.74) is 10.0. The molecular formula is C27H34. The molecule has 1 aromatic carbocycles. The van der Waals surface area contributed by atoms with Gasteiger partial charge < -0.3 is 0 Å². The average Bonchev–Trinajstić information content (AvgIpc) is 2.96. The maximum atomic E-state index is 4.27. The van der Waals surface area contributed by atoms with Gasteiger partial charge in [-0.25, -0.2) is 0 Å². The van der Waals surface area contributed by atoms with Crippen molar-refractivity contribution in [1.29, 1.82) is 0 Å². The number of hydrogen-bond donors (Lipinski definition) is 0. The van der Waals surface area contributed by atoms with E-state index in [1.807, 2.05) is 5.57 Å². The van der Waals surface area contributed by atoms with Gasteiger partial charge >= 0.3 is 0 Å². The molecule has 142 valence electrons. The van der Waals surface area contributed by atoms with Crippen molar-refractivity contribution in [3.63, 3.8) is 0 Å². The lowest BCUT2D eigenvalue weighted by Gasteiger charge is -2.52. The van der Waals surface area contributed by atoms with Crippen LogP contribution in [-0.4, -0.2) is 0 Å². The van der Waals surface area contributed by atoms with E-state index in [2.05, 4.69) is 57.7 Å². The predicted octanol–water partition coefficient (Wildman–Crippen LogP) is 7.52. The number of aryl methyl sites for hydroxylation is 1. The van der Waals surface area contributed by atoms with Crippen molar-refractivity contribution in [3.05, 3.63) is 70.3 Å². The number of allylic oxidation sites excluding steroid dienone is 5. The van der Waals surface area contributed by atoms with E-state index in [-0.39, 0.29) is 0 Å². The van der Waals surface area contributed by atoms with Gasteiger partial charge in [0.1, 0.15) is 0 Å². The van der Waals surface area contributed by atoms with E-state index in [1.165, 1.54) is 49.7 Å². The molecule has 5 atom stereocenters. The molecule has 0 aliphatic heterocycles. The van der Waals surface area contributed by atoms with Crippen LogP contribution in [0.1, 0.15) is 75.8 Å². The normalized spacial score (nSPS) is 38.2. The molecule has 2 fully saturated rings. The maximum Gasteiger partial charge on any atom is 0.00623 e. The van der Waals surface area contributed by atoms with Crippen LogP contribution in [0.25, 0.3) is 0 Å². The fraction of sp³-hybridized carbons (Fsp3) is 0.556. The molecule has 0 nitrogen and oxygen atoms in total. The molecule has 0 N–H and O–H groups in total. The summed E-state index contributed by atoms with van der Waals surface area (Å²) in [5.74, 6) is 3.22. The Kier molecular flexibility index (Phi) is 4.04. The number of benzene rings is 1. The highest BCUT2D eigenvalue weighted by Gasteiger charge is 2.55. The van der Waals surface area contributed by atoms with Gasteiger partial charge in [-0.3, -0.25) is 0 Å². The summed E-state index contributed by atoms with van der Waals surface area (Å²) in [6.45, 7) is 11.6. The van der Waals surface area contributed by atoms with Gasteiger partial charge in [0.05, 0.1) is 0 Å². The number of fused-ring (bicyclic) bond motifs is 4. The zero-order valence-corrected chi connectivity index (χ0v) is 17.4. The Labute approximate surface area is 165 Å². The Balaban J connectivity index is 1.68. The summed E-state index contributed by atoms with van der Waals surface area (Å²) in [4.78, 5) is 0. The fourth-order valence-electron chi connectivity index (χ4n) is 7.10. The first-order chi connectivity index (χ1) is 13.0. The number of hydrogen-bond acceptors (Lipinski definition) is 0. The molecule has 4 aliphatic carbocycles. The lowest BCUT2D eigenvalue weighted by atomic mass is 9.52. The van der Waals surface area contributed by atoms with Crippen molar-refractivity contribution in [2.75, 3.05) is 0 Å². The van der Waals surface area contributed by atoms with Gasteiger partial charge in [0.2, 0.25) is 0 Å². The minimum Gasteiger partial charge on any atom is -0.0958 e. The van der Waals surface area contributed by atoms with Crippen LogP contribution in [0.3, 0.4) is 0 Å². The van der Waals surface area contributed by atoms with E-state index in [0.29, 0.717) is 11.3 Å². The zero-order valence-electron chi connectivity index (χ0n) is 17.4. The van der Waals surface area contributed by atoms with Gasteiger partial charge in [-0.15, -0.1) is 0 Å². The SMILES string of the molecule is C=C1C=C2CCC3C(=C2CC1)C(c1ccc(C)cc1)CC1(C)C(C)CCC31. The number of rotatable bonds is 1. The van der Waals surface area contributed by atoms with E-state index < -0.39 is 0 Å². The first kappa shape index (κ1) is 17.5. The van der Waals surface area contributed by atoms with Crippen LogP contribution in [0, 0.1) is 30.1 Å². The van der Waals surface area contributed by atoms with E-state index in [4.69, 9.17) is 0 Å². The molecule has 0 saturated heterocycles. The summed E-state index contributed by atoms with van der Waals surface area (Å²) in [7, 11) is 0. The van der Waals surface area contributed by atoms with Crippen LogP contribution in [0.4, 0.5) is 0 Å². The van der Waals surface area contributed by atoms with Crippen LogP contribution < -0.4 is 0 Å². The summed E-state index contributed by atoms with van der Waals surface area (Å²) in [5, 5.41) is 0. The third kappa shape index (κ3) is 2.63. The lowest BCUT2D eigenvalue weighted by molar-refractivity contribution is 0.0716. The molecular weight excluding hydrogens is 324 g/mol. The fourth-order valence-corrected chi connectivity index (χ4v) is 7.10. The molecule has 0 heteroatoms. The van der Waals surface area contributed by atoms with E-state index >= 15 is 0 Å². The second-order valence-electron chi connectivity index (χ2n) is 10.2. The van der Waals surface area contributed by atoms with Crippen molar-refractivity contribution >= 4 is 0 Å². The third-order valence-electron chi connectivity index (χ3n) is 8.80. The van der Waals surface area contributed by atoms with Crippen LogP contribution in [0.2, 0.25) is 0 Å². The minimum atomic E-state index is 0.518. The van der Waals surface area contributed by atoms with Gasteiger partial charge in [0, 0.05) is 5.92 Å². The summed E-state index contributed by atoms with van der Waals surface area (Å²) in [6.07, 6.45) is 11.7. The van der Waals surface area contributed by atoms with Crippen molar-refractivity contribution in [3.8, 4) is 0 Å². The quantitative estimate of drug-likeness (QED) is 0.487. The van der Waals surface area contributed by atoms with Gasteiger partial charge in [0.25, 0.3) is 0 Å². The van der Waals surface area contributed by atoms with Crippen LogP contribution in [0.15, 0.2) is 59.2 Å². The van der Waals surface area contributed by atoms with Crippen molar-refractivity contribution in [2.45, 2.75) is 71.6 Å². The smallest absolute Gasteiger partial charge is 0.00623 e. The predicted molar refractivity (Wildman–Crippen MR) is 115 cm³/mol. The summed E-state index contributed by atoms with van der Waals surface area (Å²) in [6, 6.07) is 9.50. The molecule has 0 aromatic heterocycles. The van der Waals surface area contributed by atoms with E-state index in [0.717, 1.165) is 24.2 Å². The third-order valence-corrected chi connectivity index (χ3v) is 8.80. The Morgan fingerprint density at radius 2 is 1.78 bits per heavy atom. The van der Waals surface area contributed by atoms with Gasteiger partial charge in [0.15, 0.2) is 0 Å². The van der Waals surface area contributed by atoms with Gasteiger partial charge in [-0.1, -0.05) is 67.5 Å². The second kappa shape index (κ2) is 6.23.